The van der Waals surface area contributed by atoms with Crippen LogP contribution in [0.4, 0.5) is 4.39 Å². The third kappa shape index (κ3) is 4.15. The second kappa shape index (κ2) is 8.81. The Kier molecular flexibility index (Phi) is 5.70. The normalized spacial score (nSPS) is 16.0. The van der Waals surface area contributed by atoms with E-state index in [1.807, 2.05) is 23.7 Å². The van der Waals surface area contributed by atoms with E-state index >= 15 is 0 Å². The highest BCUT2D eigenvalue weighted by molar-refractivity contribution is 5.95. The molecule has 1 aliphatic carbocycles. The molecule has 0 unspecified atom stereocenters. The number of likely N-dealkylation sites (tertiary alicyclic amines) is 1. The number of amides is 2. The summed E-state index contributed by atoms with van der Waals surface area (Å²) >= 11 is 0. The van der Waals surface area contributed by atoms with Gasteiger partial charge in [-0.1, -0.05) is 29.8 Å². The molecule has 0 radical (unpaired) electrons. The van der Waals surface area contributed by atoms with E-state index in [-0.39, 0.29) is 23.4 Å². The third-order valence-corrected chi connectivity index (χ3v) is 6.65. The molecule has 0 bridgehead atoms. The summed E-state index contributed by atoms with van der Waals surface area (Å²) in [5, 5.41) is 7.81. The fraction of sp³-hybridized carbons (Fsp3) is 0.346. The Morgan fingerprint density at radius 2 is 1.76 bits per heavy atom. The van der Waals surface area contributed by atoms with Crippen molar-refractivity contribution in [2.75, 3.05) is 13.1 Å². The number of aromatic nitrogens is 2. The molecule has 2 heterocycles. The first-order valence-corrected chi connectivity index (χ1v) is 11.5. The zero-order valence-electron chi connectivity index (χ0n) is 18.7. The molecular formula is C26H27FN4O2. The molecule has 1 aliphatic heterocycles. The number of carbonyl (C=O) groups excluding carboxylic acids is 2. The van der Waals surface area contributed by atoms with Crippen LogP contribution in [-0.2, 0) is 12.8 Å². The summed E-state index contributed by atoms with van der Waals surface area (Å²) in [5.74, 6) is -0.957. The minimum absolute atomic E-state index is 0.0382. The first kappa shape index (κ1) is 21.4. The van der Waals surface area contributed by atoms with Crippen LogP contribution < -0.4 is 5.32 Å². The predicted molar refractivity (Wildman–Crippen MR) is 123 cm³/mol. The van der Waals surface area contributed by atoms with Gasteiger partial charge in [0.05, 0.1) is 11.3 Å². The quantitative estimate of drug-likeness (QED) is 0.662. The van der Waals surface area contributed by atoms with E-state index in [4.69, 9.17) is 0 Å². The van der Waals surface area contributed by atoms with Gasteiger partial charge in [-0.25, -0.2) is 9.07 Å². The maximum Gasteiger partial charge on any atom is 0.272 e. The van der Waals surface area contributed by atoms with E-state index in [1.54, 1.807) is 17.0 Å². The van der Waals surface area contributed by atoms with Crippen LogP contribution in [0.25, 0.3) is 5.69 Å². The van der Waals surface area contributed by atoms with E-state index in [0.717, 1.165) is 36.2 Å². The van der Waals surface area contributed by atoms with Crippen LogP contribution in [0.15, 0.2) is 48.5 Å². The summed E-state index contributed by atoms with van der Waals surface area (Å²) in [6.45, 7) is 3.01. The highest BCUT2D eigenvalue weighted by Crippen LogP contribution is 2.28. The maximum absolute atomic E-state index is 14.0. The minimum atomic E-state index is -0.504. The van der Waals surface area contributed by atoms with Crippen LogP contribution in [0.2, 0.25) is 0 Å². The number of halogens is 1. The molecule has 0 atom stereocenters. The number of hydrogen-bond acceptors (Lipinski definition) is 3. The van der Waals surface area contributed by atoms with Gasteiger partial charge in [0, 0.05) is 30.4 Å². The summed E-state index contributed by atoms with van der Waals surface area (Å²) < 4.78 is 15.9. The summed E-state index contributed by atoms with van der Waals surface area (Å²) in [6, 6.07) is 14.2. The van der Waals surface area contributed by atoms with Gasteiger partial charge < -0.3 is 10.2 Å². The number of nitrogens with zero attached hydrogens (tertiary/aromatic N) is 3. The van der Waals surface area contributed by atoms with Crippen molar-refractivity contribution < 1.29 is 14.0 Å². The van der Waals surface area contributed by atoms with Crippen LogP contribution in [0, 0.1) is 12.7 Å². The summed E-state index contributed by atoms with van der Waals surface area (Å²) in [7, 11) is 0. The van der Waals surface area contributed by atoms with Crippen LogP contribution in [0.1, 0.15) is 56.9 Å². The van der Waals surface area contributed by atoms with Gasteiger partial charge in [-0.15, -0.1) is 0 Å². The minimum Gasteiger partial charge on any atom is -0.348 e. The van der Waals surface area contributed by atoms with E-state index in [9.17, 15) is 14.0 Å². The molecular weight excluding hydrogens is 419 g/mol. The molecule has 5 rings (SSSR count). The summed E-state index contributed by atoms with van der Waals surface area (Å²) in [6.07, 6.45) is 4.06. The number of fused-ring (bicyclic) bond motifs is 1. The van der Waals surface area contributed by atoms with Crippen molar-refractivity contribution in [3.05, 3.63) is 82.4 Å². The lowest BCUT2D eigenvalue weighted by molar-refractivity contribution is 0.0693. The van der Waals surface area contributed by atoms with Crippen LogP contribution in [0.5, 0.6) is 0 Å². The molecule has 0 saturated carbocycles. The van der Waals surface area contributed by atoms with E-state index in [0.29, 0.717) is 31.6 Å². The number of aryl methyl sites for hydroxylation is 1. The molecule has 1 aromatic heterocycles. The van der Waals surface area contributed by atoms with Gasteiger partial charge in [0.25, 0.3) is 11.8 Å². The lowest BCUT2D eigenvalue weighted by Crippen LogP contribution is -2.46. The number of rotatable bonds is 4. The molecule has 2 aliphatic rings. The average Bonchev–Trinajstić information content (AvgIpc) is 3.43. The lowest BCUT2D eigenvalue weighted by Gasteiger charge is -2.32. The molecule has 1 N–H and O–H groups in total. The number of piperidine rings is 1. The Hall–Kier alpha value is -3.48. The summed E-state index contributed by atoms with van der Waals surface area (Å²) in [5.41, 5.74) is 4.91. The molecule has 2 aromatic carbocycles. The smallest absolute Gasteiger partial charge is 0.272 e. The van der Waals surface area contributed by atoms with Crippen molar-refractivity contribution in [2.45, 2.75) is 45.1 Å². The molecule has 170 valence electrons. The lowest BCUT2D eigenvalue weighted by atomic mass is 10.0. The Morgan fingerprint density at radius 3 is 2.48 bits per heavy atom. The van der Waals surface area contributed by atoms with Gasteiger partial charge in [-0.3, -0.25) is 9.59 Å². The van der Waals surface area contributed by atoms with Crippen molar-refractivity contribution in [3.8, 4) is 5.69 Å². The van der Waals surface area contributed by atoms with Gasteiger partial charge in [0.15, 0.2) is 5.69 Å². The molecule has 0 spiro atoms. The first-order valence-electron chi connectivity index (χ1n) is 11.5. The number of hydrogen-bond donors (Lipinski definition) is 1. The Morgan fingerprint density at radius 1 is 1.03 bits per heavy atom. The fourth-order valence-electron chi connectivity index (χ4n) is 4.80. The van der Waals surface area contributed by atoms with E-state index < -0.39 is 5.82 Å². The molecule has 2 amide bonds. The van der Waals surface area contributed by atoms with Gasteiger partial charge in [-0.05, 0) is 63.3 Å². The monoisotopic (exact) mass is 446 g/mol. The van der Waals surface area contributed by atoms with Crippen molar-refractivity contribution in [3.63, 3.8) is 0 Å². The zero-order chi connectivity index (χ0) is 22.9. The van der Waals surface area contributed by atoms with Crippen LogP contribution in [0.3, 0.4) is 0 Å². The second-order valence-electron chi connectivity index (χ2n) is 8.89. The van der Waals surface area contributed by atoms with Gasteiger partial charge in [0.2, 0.25) is 0 Å². The maximum atomic E-state index is 14.0. The van der Waals surface area contributed by atoms with E-state index in [2.05, 4.69) is 22.5 Å². The molecule has 3 aromatic rings. The predicted octanol–water partition coefficient (Wildman–Crippen LogP) is 3.84. The standard InChI is InChI=1S/C26H27FN4O2/c1-17-9-11-19(12-10-17)31-23-8-4-6-21(23)24(29-31)25(32)28-18-13-15-30(16-14-18)26(33)20-5-2-3-7-22(20)27/h2-3,5,7,9-12,18H,4,6,8,13-16H2,1H3,(H,28,32). The second-order valence-corrected chi connectivity index (χ2v) is 8.89. The van der Waals surface area contributed by atoms with Crippen LogP contribution >= 0.6 is 0 Å². The number of nitrogens with one attached hydrogen (secondary N) is 1. The molecule has 33 heavy (non-hydrogen) atoms. The van der Waals surface area contributed by atoms with Crippen molar-refractivity contribution in [2.24, 2.45) is 0 Å². The molecule has 1 fully saturated rings. The van der Waals surface area contributed by atoms with Crippen LogP contribution in [-0.4, -0.2) is 45.6 Å². The van der Waals surface area contributed by atoms with Crippen molar-refractivity contribution >= 4 is 11.8 Å². The summed E-state index contributed by atoms with van der Waals surface area (Å²) in [4.78, 5) is 27.4. The topological polar surface area (TPSA) is 67.2 Å². The highest BCUT2D eigenvalue weighted by Gasteiger charge is 2.30. The Bertz CT molecular complexity index is 1190. The average molecular weight is 447 g/mol. The van der Waals surface area contributed by atoms with Crippen molar-refractivity contribution in [1.82, 2.24) is 20.0 Å². The Balaban J connectivity index is 1.26. The van der Waals surface area contributed by atoms with Gasteiger partial charge in [0.1, 0.15) is 5.82 Å². The fourth-order valence-corrected chi connectivity index (χ4v) is 4.80. The first-order chi connectivity index (χ1) is 16.0. The molecule has 7 heteroatoms. The van der Waals surface area contributed by atoms with Gasteiger partial charge in [-0.2, -0.15) is 5.10 Å². The van der Waals surface area contributed by atoms with Crippen molar-refractivity contribution in [1.29, 1.82) is 0 Å². The number of carbonyl (C=O) groups is 2. The molecule has 1 saturated heterocycles. The molecule has 6 nitrogen and oxygen atoms in total. The van der Waals surface area contributed by atoms with E-state index in [1.165, 1.54) is 17.7 Å². The Labute approximate surface area is 192 Å². The zero-order valence-corrected chi connectivity index (χ0v) is 18.7. The third-order valence-electron chi connectivity index (χ3n) is 6.65. The number of benzene rings is 2. The van der Waals surface area contributed by atoms with Gasteiger partial charge >= 0.3 is 0 Å². The highest BCUT2D eigenvalue weighted by atomic mass is 19.1. The largest absolute Gasteiger partial charge is 0.348 e. The SMILES string of the molecule is Cc1ccc(-n2nc(C(=O)NC3CCN(C(=O)c4ccccc4F)CC3)c3c2CCC3)cc1.